The third kappa shape index (κ3) is 2.00. The van der Waals surface area contributed by atoms with Gasteiger partial charge < -0.3 is 0 Å². The van der Waals surface area contributed by atoms with E-state index >= 15 is 0 Å². The standard InChI is InChI=1S/C9H10F2/c1-2-3-7-4-5-8(10)6-9(7)11/h4-6H,2-3H2,1H3. The van der Waals surface area contributed by atoms with Crippen molar-refractivity contribution in [1.82, 2.24) is 0 Å². The number of hydrogen-bond acceptors (Lipinski definition) is 0. The van der Waals surface area contributed by atoms with Crippen molar-refractivity contribution in [1.29, 1.82) is 0 Å². The minimum atomic E-state index is -0.512. The lowest BCUT2D eigenvalue weighted by atomic mass is 10.1. The fourth-order valence-electron chi connectivity index (χ4n) is 0.994. The predicted molar refractivity (Wildman–Crippen MR) is 40.4 cm³/mol. The van der Waals surface area contributed by atoms with E-state index in [4.69, 9.17) is 0 Å². The average molecular weight is 156 g/mol. The highest BCUT2D eigenvalue weighted by Crippen LogP contribution is 2.10. The molecule has 0 atom stereocenters. The Morgan fingerprint density at radius 2 is 2.00 bits per heavy atom. The van der Waals surface area contributed by atoms with Crippen LogP contribution in [0, 0.1) is 11.6 Å². The fourth-order valence-corrected chi connectivity index (χ4v) is 0.994. The molecule has 0 bridgehead atoms. The van der Waals surface area contributed by atoms with Crippen molar-refractivity contribution in [3.63, 3.8) is 0 Å². The first-order valence-electron chi connectivity index (χ1n) is 3.68. The third-order valence-corrected chi connectivity index (χ3v) is 1.53. The van der Waals surface area contributed by atoms with Crippen LogP contribution in [0.4, 0.5) is 8.78 Å². The molecule has 11 heavy (non-hydrogen) atoms. The Labute approximate surface area is 64.9 Å². The van der Waals surface area contributed by atoms with Crippen molar-refractivity contribution in [2.75, 3.05) is 0 Å². The highest BCUT2D eigenvalue weighted by atomic mass is 19.1. The van der Waals surface area contributed by atoms with Crippen molar-refractivity contribution < 1.29 is 8.78 Å². The van der Waals surface area contributed by atoms with Crippen LogP contribution in [0.1, 0.15) is 18.9 Å². The molecule has 0 unspecified atom stereocenters. The van der Waals surface area contributed by atoms with E-state index in [0.717, 1.165) is 12.5 Å². The van der Waals surface area contributed by atoms with Gasteiger partial charge in [0.2, 0.25) is 0 Å². The number of halogens is 2. The van der Waals surface area contributed by atoms with Crippen LogP contribution in [-0.2, 0) is 6.42 Å². The summed E-state index contributed by atoms with van der Waals surface area (Å²) in [6.07, 6.45) is 1.55. The molecule has 1 aromatic rings. The van der Waals surface area contributed by atoms with E-state index in [1.165, 1.54) is 12.1 Å². The molecule has 0 aliphatic heterocycles. The van der Waals surface area contributed by atoms with Gasteiger partial charge in [0.05, 0.1) is 0 Å². The Balaban J connectivity index is 2.90. The van der Waals surface area contributed by atoms with Gasteiger partial charge in [0.1, 0.15) is 11.6 Å². The second-order valence-corrected chi connectivity index (χ2v) is 2.49. The molecule has 0 fully saturated rings. The molecule has 0 N–H and O–H groups in total. The van der Waals surface area contributed by atoms with Gasteiger partial charge in [-0.2, -0.15) is 0 Å². The molecule has 0 spiro atoms. The van der Waals surface area contributed by atoms with E-state index in [2.05, 4.69) is 0 Å². The second-order valence-electron chi connectivity index (χ2n) is 2.49. The molecule has 1 aromatic carbocycles. The summed E-state index contributed by atoms with van der Waals surface area (Å²) in [5, 5.41) is 0. The van der Waals surface area contributed by atoms with Crippen molar-refractivity contribution in [3.8, 4) is 0 Å². The molecular weight excluding hydrogens is 146 g/mol. The van der Waals surface area contributed by atoms with E-state index in [-0.39, 0.29) is 0 Å². The summed E-state index contributed by atoms with van der Waals surface area (Å²) in [5.74, 6) is -0.950. The van der Waals surface area contributed by atoms with Gasteiger partial charge >= 0.3 is 0 Å². The summed E-state index contributed by atoms with van der Waals surface area (Å²) in [5.41, 5.74) is 0.592. The lowest BCUT2D eigenvalue weighted by Gasteiger charge is -1.99. The minimum absolute atomic E-state index is 0.438. The van der Waals surface area contributed by atoms with Crippen molar-refractivity contribution in [2.24, 2.45) is 0 Å². The summed E-state index contributed by atoms with van der Waals surface area (Å²) >= 11 is 0. The predicted octanol–water partition coefficient (Wildman–Crippen LogP) is 2.92. The Morgan fingerprint density at radius 1 is 1.27 bits per heavy atom. The zero-order chi connectivity index (χ0) is 8.27. The number of rotatable bonds is 2. The molecule has 1 rings (SSSR count). The lowest BCUT2D eigenvalue weighted by Crippen LogP contribution is -1.89. The first-order chi connectivity index (χ1) is 5.24. The minimum Gasteiger partial charge on any atom is -0.207 e. The molecule has 0 nitrogen and oxygen atoms in total. The van der Waals surface area contributed by atoms with Gasteiger partial charge in [0.25, 0.3) is 0 Å². The lowest BCUT2D eigenvalue weighted by molar-refractivity contribution is 0.571. The van der Waals surface area contributed by atoms with E-state index in [1.807, 2.05) is 6.92 Å². The number of hydrogen-bond donors (Lipinski definition) is 0. The zero-order valence-electron chi connectivity index (χ0n) is 6.40. The number of benzene rings is 1. The fraction of sp³-hybridized carbons (Fsp3) is 0.333. The molecule has 0 heterocycles. The van der Waals surface area contributed by atoms with Gasteiger partial charge in [-0.25, -0.2) is 8.78 Å². The van der Waals surface area contributed by atoms with Crippen molar-refractivity contribution in [2.45, 2.75) is 19.8 Å². The van der Waals surface area contributed by atoms with Gasteiger partial charge in [-0.3, -0.25) is 0 Å². The largest absolute Gasteiger partial charge is 0.207 e. The van der Waals surface area contributed by atoms with Gasteiger partial charge in [-0.15, -0.1) is 0 Å². The van der Waals surface area contributed by atoms with Crippen LogP contribution in [0.5, 0.6) is 0 Å². The van der Waals surface area contributed by atoms with Gasteiger partial charge in [0, 0.05) is 6.07 Å². The van der Waals surface area contributed by atoms with E-state index in [9.17, 15) is 8.78 Å². The summed E-state index contributed by atoms with van der Waals surface area (Å²) in [7, 11) is 0. The number of aryl methyl sites for hydroxylation is 1. The van der Waals surface area contributed by atoms with Crippen LogP contribution in [-0.4, -0.2) is 0 Å². The maximum Gasteiger partial charge on any atom is 0.129 e. The molecule has 0 aromatic heterocycles. The maximum atomic E-state index is 12.8. The molecule has 2 heteroatoms. The SMILES string of the molecule is CCCc1ccc(F)cc1F. The average Bonchev–Trinajstić information content (AvgIpc) is 1.95. The van der Waals surface area contributed by atoms with Gasteiger partial charge in [-0.1, -0.05) is 19.4 Å². The topological polar surface area (TPSA) is 0 Å². The summed E-state index contributed by atoms with van der Waals surface area (Å²) < 4.78 is 25.1. The van der Waals surface area contributed by atoms with Crippen LogP contribution in [0.3, 0.4) is 0 Å². The molecule has 0 amide bonds. The van der Waals surface area contributed by atoms with E-state index in [1.54, 1.807) is 0 Å². The first kappa shape index (κ1) is 8.18. The van der Waals surface area contributed by atoms with Crippen molar-refractivity contribution >= 4 is 0 Å². The van der Waals surface area contributed by atoms with Crippen LogP contribution in [0.25, 0.3) is 0 Å². The Morgan fingerprint density at radius 3 is 2.55 bits per heavy atom. The molecule has 60 valence electrons. The van der Waals surface area contributed by atoms with Crippen LogP contribution < -0.4 is 0 Å². The van der Waals surface area contributed by atoms with Crippen LogP contribution >= 0.6 is 0 Å². The molecule has 0 saturated heterocycles. The molecule has 0 radical (unpaired) electrons. The summed E-state index contributed by atoms with van der Waals surface area (Å²) in [6.45, 7) is 1.96. The zero-order valence-corrected chi connectivity index (χ0v) is 6.40. The Kier molecular flexibility index (Phi) is 2.58. The Bertz CT molecular complexity index is 243. The maximum absolute atomic E-state index is 12.8. The first-order valence-corrected chi connectivity index (χ1v) is 3.68. The van der Waals surface area contributed by atoms with E-state index < -0.39 is 11.6 Å². The molecular formula is C9H10F2. The second kappa shape index (κ2) is 3.46. The molecule has 0 aliphatic carbocycles. The summed E-state index contributed by atoms with van der Waals surface area (Å²) in [6, 6.07) is 3.70. The summed E-state index contributed by atoms with van der Waals surface area (Å²) in [4.78, 5) is 0. The van der Waals surface area contributed by atoms with Crippen LogP contribution in [0.2, 0.25) is 0 Å². The third-order valence-electron chi connectivity index (χ3n) is 1.53. The highest BCUT2D eigenvalue weighted by Gasteiger charge is 2.00. The normalized spacial score (nSPS) is 10.1. The van der Waals surface area contributed by atoms with E-state index in [0.29, 0.717) is 12.0 Å². The smallest absolute Gasteiger partial charge is 0.129 e. The van der Waals surface area contributed by atoms with Crippen molar-refractivity contribution in [3.05, 3.63) is 35.4 Å². The monoisotopic (exact) mass is 156 g/mol. The van der Waals surface area contributed by atoms with Gasteiger partial charge in [0.15, 0.2) is 0 Å². The van der Waals surface area contributed by atoms with Gasteiger partial charge in [-0.05, 0) is 18.1 Å². The van der Waals surface area contributed by atoms with Crippen LogP contribution in [0.15, 0.2) is 18.2 Å². The molecule has 0 saturated carbocycles. The molecule has 0 aliphatic rings. The quantitative estimate of drug-likeness (QED) is 0.617. The highest BCUT2D eigenvalue weighted by molar-refractivity contribution is 5.18. The Hall–Kier alpha value is -0.920.